The summed E-state index contributed by atoms with van der Waals surface area (Å²) in [6, 6.07) is 15.0. The fourth-order valence-corrected chi connectivity index (χ4v) is 4.02. The van der Waals surface area contributed by atoms with Gasteiger partial charge in [-0.3, -0.25) is 9.69 Å². The molecule has 2 aliphatic rings. The van der Waals surface area contributed by atoms with Crippen LogP contribution in [0.15, 0.2) is 48.5 Å². The van der Waals surface area contributed by atoms with Gasteiger partial charge in [0, 0.05) is 44.4 Å². The summed E-state index contributed by atoms with van der Waals surface area (Å²) < 4.78 is 11.7. The molecule has 0 aromatic heterocycles. The second-order valence-corrected chi connectivity index (χ2v) is 8.08. The van der Waals surface area contributed by atoms with Gasteiger partial charge >= 0.3 is 0 Å². The Morgan fingerprint density at radius 2 is 1.83 bits per heavy atom. The molecule has 0 bridgehead atoms. The predicted molar refractivity (Wildman–Crippen MR) is 114 cm³/mol. The molecule has 5 nitrogen and oxygen atoms in total. The zero-order valence-electron chi connectivity index (χ0n) is 16.6. The molecular weight excluding hydrogens is 388 g/mol. The maximum Gasteiger partial charge on any atom is 0.257 e. The topological polar surface area (TPSA) is 42.0 Å². The number of benzene rings is 2. The molecule has 2 aromatic carbocycles. The second kappa shape index (κ2) is 9.61. The predicted octanol–water partition coefficient (Wildman–Crippen LogP) is 3.86. The van der Waals surface area contributed by atoms with Crippen molar-refractivity contribution in [3.8, 4) is 5.75 Å². The first-order chi connectivity index (χ1) is 14.2. The molecule has 0 N–H and O–H groups in total. The number of carbonyl (C=O) groups is 1. The van der Waals surface area contributed by atoms with Crippen molar-refractivity contribution < 1.29 is 14.3 Å². The number of rotatable bonds is 6. The summed E-state index contributed by atoms with van der Waals surface area (Å²) >= 11 is 5.94. The maximum atomic E-state index is 13.1. The van der Waals surface area contributed by atoms with Gasteiger partial charge in [-0.25, -0.2) is 0 Å². The Kier molecular flexibility index (Phi) is 6.70. The van der Waals surface area contributed by atoms with Gasteiger partial charge in [0.1, 0.15) is 12.4 Å². The van der Waals surface area contributed by atoms with Crippen molar-refractivity contribution in [2.24, 2.45) is 0 Å². The lowest BCUT2D eigenvalue weighted by molar-refractivity contribution is 0.0430. The van der Waals surface area contributed by atoms with E-state index in [-0.39, 0.29) is 5.91 Å². The second-order valence-electron chi connectivity index (χ2n) is 7.64. The quantitative estimate of drug-likeness (QED) is 0.719. The zero-order chi connectivity index (χ0) is 20.1. The molecule has 2 saturated heterocycles. The van der Waals surface area contributed by atoms with E-state index < -0.39 is 0 Å². The van der Waals surface area contributed by atoms with E-state index in [0.717, 1.165) is 57.7 Å². The average Bonchev–Trinajstić information content (AvgIpc) is 3.27. The summed E-state index contributed by atoms with van der Waals surface area (Å²) in [5, 5.41) is 0.697. The molecular formula is C23H27ClN2O3. The number of nitrogens with zero attached hydrogens (tertiary/aromatic N) is 2. The van der Waals surface area contributed by atoms with Crippen LogP contribution in [0.4, 0.5) is 0 Å². The fourth-order valence-electron chi connectivity index (χ4n) is 3.89. The van der Waals surface area contributed by atoms with E-state index in [0.29, 0.717) is 29.0 Å². The number of halogens is 1. The first-order valence-corrected chi connectivity index (χ1v) is 10.7. The lowest BCUT2D eigenvalue weighted by atomic mass is 10.1. The van der Waals surface area contributed by atoms with Crippen LogP contribution in [-0.4, -0.2) is 61.1 Å². The van der Waals surface area contributed by atoms with Crippen molar-refractivity contribution in [1.29, 1.82) is 0 Å². The summed E-state index contributed by atoms with van der Waals surface area (Å²) in [4.78, 5) is 17.4. The van der Waals surface area contributed by atoms with E-state index in [1.165, 1.54) is 0 Å². The third kappa shape index (κ3) is 5.30. The average molecular weight is 415 g/mol. The minimum atomic E-state index is 0.0356. The van der Waals surface area contributed by atoms with Gasteiger partial charge < -0.3 is 14.4 Å². The Bertz CT molecular complexity index is 813. The molecule has 0 aliphatic carbocycles. The Balaban J connectivity index is 1.34. The molecule has 0 saturated carbocycles. The molecule has 1 atom stereocenters. The molecule has 154 valence electrons. The number of hydrogen-bond acceptors (Lipinski definition) is 4. The van der Waals surface area contributed by atoms with Gasteiger partial charge in [-0.2, -0.15) is 0 Å². The van der Waals surface area contributed by atoms with E-state index in [1.54, 1.807) is 0 Å². The summed E-state index contributed by atoms with van der Waals surface area (Å²) in [5.41, 5.74) is 1.63. The summed E-state index contributed by atoms with van der Waals surface area (Å²) in [6.45, 7) is 5.50. The molecule has 1 unspecified atom stereocenters. The number of piperazine rings is 1. The van der Waals surface area contributed by atoms with Crippen LogP contribution < -0.4 is 4.74 Å². The van der Waals surface area contributed by atoms with Crippen LogP contribution in [0.3, 0.4) is 0 Å². The smallest absolute Gasteiger partial charge is 0.257 e. The van der Waals surface area contributed by atoms with Crippen molar-refractivity contribution in [3.63, 3.8) is 0 Å². The summed E-state index contributed by atoms with van der Waals surface area (Å²) in [7, 11) is 0. The SMILES string of the molecule is O=C(c1ccccc1OCc1ccc(Cl)cc1)N1CCN(CC2CCCO2)CC1. The molecule has 0 radical (unpaired) electrons. The minimum Gasteiger partial charge on any atom is -0.488 e. The molecule has 29 heavy (non-hydrogen) atoms. The van der Waals surface area contributed by atoms with E-state index in [2.05, 4.69) is 4.90 Å². The Labute approximate surface area is 177 Å². The third-order valence-corrected chi connectivity index (χ3v) is 5.82. The number of para-hydroxylation sites is 1. The number of carbonyl (C=O) groups excluding carboxylic acids is 1. The van der Waals surface area contributed by atoms with E-state index in [9.17, 15) is 4.79 Å². The summed E-state index contributed by atoms with van der Waals surface area (Å²) in [6.07, 6.45) is 2.67. The van der Waals surface area contributed by atoms with Gasteiger partial charge in [-0.15, -0.1) is 0 Å². The van der Waals surface area contributed by atoms with Gasteiger partial charge in [-0.1, -0.05) is 35.9 Å². The maximum absolute atomic E-state index is 13.1. The highest BCUT2D eigenvalue weighted by atomic mass is 35.5. The summed E-state index contributed by atoms with van der Waals surface area (Å²) in [5.74, 6) is 0.655. The van der Waals surface area contributed by atoms with Gasteiger partial charge in [0.25, 0.3) is 5.91 Å². The van der Waals surface area contributed by atoms with Crippen molar-refractivity contribution in [3.05, 3.63) is 64.7 Å². The van der Waals surface area contributed by atoms with Crippen LogP contribution in [0.5, 0.6) is 5.75 Å². The fraction of sp³-hybridized carbons (Fsp3) is 0.435. The molecule has 0 spiro atoms. The van der Waals surface area contributed by atoms with Crippen LogP contribution >= 0.6 is 11.6 Å². The third-order valence-electron chi connectivity index (χ3n) is 5.57. The Hall–Kier alpha value is -2.08. The number of amides is 1. The van der Waals surface area contributed by atoms with E-state index in [1.807, 2.05) is 53.4 Å². The highest BCUT2D eigenvalue weighted by Gasteiger charge is 2.26. The van der Waals surface area contributed by atoms with E-state index in [4.69, 9.17) is 21.1 Å². The molecule has 2 aliphatic heterocycles. The first-order valence-electron chi connectivity index (χ1n) is 10.3. The highest BCUT2D eigenvalue weighted by molar-refractivity contribution is 6.30. The van der Waals surface area contributed by atoms with Gasteiger partial charge in [0.05, 0.1) is 11.7 Å². The van der Waals surface area contributed by atoms with Crippen molar-refractivity contribution in [1.82, 2.24) is 9.80 Å². The van der Waals surface area contributed by atoms with Gasteiger partial charge in [0.15, 0.2) is 0 Å². The van der Waals surface area contributed by atoms with Crippen LogP contribution in [0.2, 0.25) is 5.02 Å². The van der Waals surface area contributed by atoms with E-state index >= 15 is 0 Å². The van der Waals surface area contributed by atoms with Crippen LogP contribution in [0, 0.1) is 0 Å². The van der Waals surface area contributed by atoms with Crippen molar-refractivity contribution in [2.45, 2.75) is 25.6 Å². The van der Waals surface area contributed by atoms with Crippen molar-refractivity contribution >= 4 is 17.5 Å². The molecule has 2 aromatic rings. The van der Waals surface area contributed by atoms with Gasteiger partial charge in [-0.05, 0) is 42.7 Å². The first kappa shape index (κ1) is 20.2. The molecule has 2 heterocycles. The molecule has 6 heteroatoms. The van der Waals surface area contributed by atoms with Crippen LogP contribution in [0.25, 0.3) is 0 Å². The highest BCUT2D eigenvalue weighted by Crippen LogP contribution is 2.23. The monoisotopic (exact) mass is 414 g/mol. The normalized spacial score (nSPS) is 20.0. The Morgan fingerprint density at radius 3 is 2.55 bits per heavy atom. The van der Waals surface area contributed by atoms with Crippen molar-refractivity contribution in [2.75, 3.05) is 39.3 Å². The molecule has 1 amide bonds. The molecule has 4 rings (SSSR count). The number of ether oxygens (including phenoxy) is 2. The number of hydrogen-bond donors (Lipinski definition) is 0. The standard InChI is InChI=1S/C23H27ClN2O3/c24-19-9-7-18(8-10-19)17-29-22-6-2-1-5-21(22)23(27)26-13-11-25(12-14-26)16-20-4-3-15-28-20/h1-2,5-10,20H,3-4,11-17H2. The van der Waals surface area contributed by atoms with Gasteiger partial charge in [0.2, 0.25) is 0 Å². The lowest BCUT2D eigenvalue weighted by Gasteiger charge is -2.36. The zero-order valence-corrected chi connectivity index (χ0v) is 17.3. The van der Waals surface area contributed by atoms with Crippen LogP contribution in [0.1, 0.15) is 28.8 Å². The lowest BCUT2D eigenvalue weighted by Crippen LogP contribution is -2.50. The Morgan fingerprint density at radius 1 is 1.07 bits per heavy atom. The van der Waals surface area contributed by atoms with Crippen LogP contribution in [-0.2, 0) is 11.3 Å². The minimum absolute atomic E-state index is 0.0356. The molecule has 2 fully saturated rings. The largest absolute Gasteiger partial charge is 0.488 e.